The van der Waals surface area contributed by atoms with Gasteiger partial charge in [-0.05, 0) is 44.0 Å². The number of carbonyl (C=O) groups is 1. The van der Waals surface area contributed by atoms with Gasteiger partial charge in [0.2, 0.25) is 0 Å². The van der Waals surface area contributed by atoms with E-state index in [4.69, 9.17) is 5.11 Å². The molecule has 0 radical (unpaired) electrons. The van der Waals surface area contributed by atoms with Crippen molar-refractivity contribution < 1.29 is 14.3 Å². The third-order valence-electron chi connectivity index (χ3n) is 2.87. The van der Waals surface area contributed by atoms with Crippen molar-refractivity contribution in [3.8, 4) is 0 Å². The van der Waals surface area contributed by atoms with Gasteiger partial charge in [-0.15, -0.1) is 0 Å². The number of aliphatic carboxylic acids is 1. The summed E-state index contributed by atoms with van der Waals surface area (Å²) in [6.07, 6.45) is 2.78. The maximum Gasteiger partial charge on any atom is 0.303 e. The molecule has 0 aliphatic heterocycles. The van der Waals surface area contributed by atoms with Gasteiger partial charge in [-0.2, -0.15) is 0 Å². The summed E-state index contributed by atoms with van der Waals surface area (Å²) >= 11 is 0. The van der Waals surface area contributed by atoms with E-state index in [9.17, 15) is 9.18 Å². The molecule has 3 nitrogen and oxygen atoms in total. The van der Waals surface area contributed by atoms with Gasteiger partial charge in [0.05, 0.1) is 0 Å². The van der Waals surface area contributed by atoms with Crippen molar-refractivity contribution in [1.29, 1.82) is 0 Å². The molecule has 1 rings (SSSR count). The average Bonchev–Trinajstić information content (AvgIpc) is 2.33. The number of unbranched alkanes of at least 4 members (excludes halogenated alkanes) is 2. The van der Waals surface area contributed by atoms with E-state index in [0.29, 0.717) is 6.42 Å². The van der Waals surface area contributed by atoms with Crippen LogP contribution < -0.4 is 5.32 Å². The lowest BCUT2D eigenvalue weighted by atomic mass is 10.1. The molecule has 0 spiro atoms. The van der Waals surface area contributed by atoms with Gasteiger partial charge in [-0.1, -0.05) is 18.6 Å². The molecule has 0 heterocycles. The molecule has 100 valence electrons. The van der Waals surface area contributed by atoms with Crippen LogP contribution in [0, 0.1) is 5.82 Å². The summed E-state index contributed by atoms with van der Waals surface area (Å²) in [6, 6.07) is 6.67. The summed E-state index contributed by atoms with van der Waals surface area (Å²) in [5, 5.41) is 11.8. The van der Waals surface area contributed by atoms with E-state index in [2.05, 4.69) is 5.32 Å². The highest BCUT2D eigenvalue weighted by Gasteiger charge is 2.05. The first-order valence-corrected chi connectivity index (χ1v) is 6.30. The minimum absolute atomic E-state index is 0.111. The highest BCUT2D eigenvalue weighted by atomic mass is 19.1. The van der Waals surface area contributed by atoms with Crippen molar-refractivity contribution in [2.45, 2.75) is 38.6 Å². The van der Waals surface area contributed by atoms with Crippen LogP contribution in [0.3, 0.4) is 0 Å². The lowest BCUT2D eigenvalue weighted by molar-refractivity contribution is -0.137. The predicted molar refractivity (Wildman–Crippen MR) is 68.9 cm³/mol. The highest BCUT2D eigenvalue weighted by molar-refractivity contribution is 5.66. The molecule has 0 saturated heterocycles. The van der Waals surface area contributed by atoms with Crippen molar-refractivity contribution >= 4 is 5.97 Å². The van der Waals surface area contributed by atoms with Gasteiger partial charge in [0.1, 0.15) is 5.82 Å². The van der Waals surface area contributed by atoms with Crippen LogP contribution in [0.15, 0.2) is 24.3 Å². The lowest BCUT2D eigenvalue weighted by Crippen LogP contribution is -2.19. The Morgan fingerprint density at radius 1 is 1.39 bits per heavy atom. The van der Waals surface area contributed by atoms with E-state index in [-0.39, 0.29) is 18.3 Å². The van der Waals surface area contributed by atoms with Crippen molar-refractivity contribution in [3.63, 3.8) is 0 Å². The first-order chi connectivity index (χ1) is 8.59. The Morgan fingerprint density at radius 2 is 2.17 bits per heavy atom. The van der Waals surface area contributed by atoms with E-state index in [1.165, 1.54) is 12.1 Å². The summed E-state index contributed by atoms with van der Waals surface area (Å²) in [5.41, 5.74) is 0.931. The van der Waals surface area contributed by atoms with Crippen LogP contribution >= 0.6 is 0 Å². The number of hydrogen-bond acceptors (Lipinski definition) is 2. The third-order valence-corrected chi connectivity index (χ3v) is 2.87. The van der Waals surface area contributed by atoms with Gasteiger partial charge in [0, 0.05) is 12.5 Å². The number of benzene rings is 1. The molecule has 1 aromatic rings. The molecule has 0 fully saturated rings. The fourth-order valence-corrected chi connectivity index (χ4v) is 1.79. The fraction of sp³-hybridized carbons (Fsp3) is 0.500. The summed E-state index contributed by atoms with van der Waals surface area (Å²) in [7, 11) is 0. The quantitative estimate of drug-likeness (QED) is 0.700. The van der Waals surface area contributed by atoms with Crippen molar-refractivity contribution in [3.05, 3.63) is 35.6 Å². The van der Waals surface area contributed by atoms with Gasteiger partial charge >= 0.3 is 5.97 Å². The van der Waals surface area contributed by atoms with Crippen molar-refractivity contribution in [2.75, 3.05) is 6.54 Å². The van der Waals surface area contributed by atoms with Gasteiger partial charge in [-0.3, -0.25) is 4.79 Å². The number of carboxylic acid groups (broad SMARTS) is 1. The molecule has 1 unspecified atom stereocenters. The minimum Gasteiger partial charge on any atom is -0.481 e. The molecular formula is C14H20FNO2. The predicted octanol–water partition coefficient (Wildman–Crippen LogP) is 3.12. The average molecular weight is 253 g/mol. The van der Waals surface area contributed by atoms with Gasteiger partial charge in [0.25, 0.3) is 0 Å². The largest absolute Gasteiger partial charge is 0.481 e. The standard InChI is InChI=1S/C14H20FNO2/c1-11(12-6-5-7-13(15)10-12)16-9-4-2-3-8-14(17)18/h5-7,10-11,16H,2-4,8-9H2,1H3,(H,17,18). The molecule has 4 heteroatoms. The molecule has 1 aromatic carbocycles. The van der Waals surface area contributed by atoms with Crippen molar-refractivity contribution in [2.24, 2.45) is 0 Å². The first kappa shape index (κ1) is 14.6. The smallest absolute Gasteiger partial charge is 0.303 e. The van der Waals surface area contributed by atoms with Gasteiger partial charge in [-0.25, -0.2) is 4.39 Å². The number of hydrogen-bond donors (Lipinski definition) is 2. The van der Waals surface area contributed by atoms with Crippen LogP contribution in [0.4, 0.5) is 4.39 Å². The number of carboxylic acids is 1. The second-order valence-electron chi connectivity index (χ2n) is 4.44. The summed E-state index contributed by atoms with van der Waals surface area (Å²) < 4.78 is 13.0. The van der Waals surface area contributed by atoms with E-state index in [1.807, 2.05) is 13.0 Å². The van der Waals surface area contributed by atoms with Crippen LogP contribution in [0.25, 0.3) is 0 Å². The Morgan fingerprint density at radius 3 is 2.83 bits per heavy atom. The highest BCUT2D eigenvalue weighted by Crippen LogP contribution is 2.13. The molecule has 0 aromatic heterocycles. The summed E-state index contributed by atoms with van der Waals surface area (Å²) in [6.45, 7) is 2.81. The summed E-state index contributed by atoms with van der Waals surface area (Å²) in [4.78, 5) is 10.3. The molecule has 0 amide bonds. The third kappa shape index (κ3) is 5.77. The Kier molecular flexibility index (Phi) is 6.36. The maximum atomic E-state index is 13.0. The number of halogens is 1. The van der Waals surface area contributed by atoms with Crippen molar-refractivity contribution in [1.82, 2.24) is 5.32 Å². The van der Waals surface area contributed by atoms with Crippen LogP contribution in [0.5, 0.6) is 0 Å². The zero-order valence-corrected chi connectivity index (χ0v) is 10.7. The Balaban J connectivity index is 2.17. The van der Waals surface area contributed by atoms with Crippen LogP contribution in [-0.2, 0) is 4.79 Å². The first-order valence-electron chi connectivity index (χ1n) is 6.30. The minimum atomic E-state index is -0.740. The second-order valence-corrected chi connectivity index (χ2v) is 4.44. The van der Waals surface area contributed by atoms with E-state index in [0.717, 1.165) is 24.9 Å². The molecule has 0 aliphatic carbocycles. The zero-order valence-electron chi connectivity index (χ0n) is 10.7. The molecule has 0 aliphatic rings. The van der Waals surface area contributed by atoms with Gasteiger partial charge in [0.15, 0.2) is 0 Å². The van der Waals surface area contributed by atoms with E-state index < -0.39 is 5.97 Å². The number of nitrogens with one attached hydrogen (secondary N) is 1. The van der Waals surface area contributed by atoms with Gasteiger partial charge < -0.3 is 10.4 Å². The number of rotatable bonds is 8. The molecule has 2 N–H and O–H groups in total. The Hall–Kier alpha value is -1.42. The van der Waals surface area contributed by atoms with E-state index in [1.54, 1.807) is 6.07 Å². The molecule has 1 atom stereocenters. The monoisotopic (exact) mass is 253 g/mol. The molecule has 0 saturated carbocycles. The van der Waals surface area contributed by atoms with Crippen LogP contribution in [0.1, 0.15) is 44.2 Å². The Bertz CT molecular complexity index is 382. The molecular weight excluding hydrogens is 233 g/mol. The summed E-state index contributed by atoms with van der Waals surface area (Å²) in [5.74, 6) is -0.960. The maximum absolute atomic E-state index is 13.0. The lowest BCUT2D eigenvalue weighted by Gasteiger charge is -2.14. The van der Waals surface area contributed by atoms with E-state index >= 15 is 0 Å². The topological polar surface area (TPSA) is 49.3 Å². The molecule has 18 heavy (non-hydrogen) atoms. The SMILES string of the molecule is CC(NCCCCCC(=O)O)c1cccc(F)c1. The molecule has 0 bridgehead atoms. The Labute approximate surface area is 107 Å². The van der Waals surface area contributed by atoms with Crippen LogP contribution in [-0.4, -0.2) is 17.6 Å². The van der Waals surface area contributed by atoms with Crippen LogP contribution in [0.2, 0.25) is 0 Å². The second kappa shape index (κ2) is 7.82. The normalized spacial score (nSPS) is 12.3. The fourth-order valence-electron chi connectivity index (χ4n) is 1.79. The zero-order chi connectivity index (χ0) is 13.4.